The molecule has 144 valence electrons. The van der Waals surface area contributed by atoms with E-state index in [4.69, 9.17) is 9.84 Å². The summed E-state index contributed by atoms with van der Waals surface area (Å²) < 4.78 is 7.05. The van der Waals surface area contributed by atoms with Gasteiger partial charge in [0.05, 0.1) is 7.11 Å². The number of ether oxygens (including phenoxy) is 1. The Morgan fingerprint density at radius 3 is 2.85 bits per heavy atom. The zero-order chi connectivity index (χ0) is 19.4. The normalized spacial score (nSPS) is 17.0. The molecule has 1 aliphatic heterocycles. The number of benzene rings is 1. The summed E-state index contributed by atoms with van der Waals surface area (Å²) in [5, 5.41) is 13.4. The van der Waals surface area contributed by atoms with E-state index < -0.39 is 5.97 Å². The number of hydrogen-bond donors (Lipinski definition) is 1. The minimum Gasteiger partial charge on any atom is -0.494 e. The van der Waals surface area contributed by atoms with Crippen LogP contribution in [0.3, 0.4) is 0 Å². The number of carboxylic acid groups (broad SMARTS) is 1. The van der Waals surface area contributed by atoms with Crippen LogP contribution >= 0.6 is 0 Å². The number of methoxy groups -OCH3 is 1. The van der Waals surface area contributed by atoms with Gasteiger partial charge >= 0.3 is 5.97 Å². The van der Waals surface area contributed by atoms with Gasteiger partial charge in [-0.1, -0.05) is 6.07 Å². The third kappa shape index (κ3) is 4.30. The van der Waals surface area contributed by atoms with Crippen molar-refractivity contribution in [2.45, 2.75) is 45.1 Å². The first kappa shape index (κ1) is 18.9. The Morgan fingerprint density at radius 1 is 1.30 bits per heavy atom. The molecule has 7 nitrogen and oxygen atoms in total. The van der Waals surface area contributed by atoms with Gasteiger partial charge in [-0.3, -0.25) is 9.59 Å². The highest BCUT2D eigenvalue weighted by molar-refractivity contribution is 5.92. The minimum atomic E-state index is -0.830. The molecule has 0 spiro atoms. The van der Waals surface area contributed by atoms with Gasteiger partial charge in [-0.15, -0.1) is 0 Å². The van der Waals surface area contributed by atoms with Crippen molar-refractivity contribution in [2.24, 2.45) is 0 Å². The average molecular weight is 371 g/mol. The zero-order valence-electron chi connectivity index (χ0n) is 15.7. The minimum absolute atomic E-state index is 0.0407. The molecule has 1 aromatic carbocycles. The van der Waals surface area contributed by atoms with Gasteiger partial charge in [0.15, 0.2) is 5.69 Å². The van der Waals surface area contributed by atoms with Gasteiger partial charge < -0.3 is 14.7 Å². The number of likely N-dealkylation sites (tertiary alicyclic amines) is 1. The number of carboxylic acids is 1. The fourth-order valence-electron chi connectivity index (χ4n) is 3.56. The average Bonchev–Trinajstić information content (AvgIpc) is 3.16. The largest absolute Gasteiger partial charge is 0.494 e. The van der Waals surface area contributed by atoms with Crippen LogP contribution in [0.1, 0.15) is 48.2 Å². The van der Waals surface area contributed by atoms with Crippen LogP contribution in [-0.2, 0) is 4.79 Å². The Bertz CT molecular complexity index is 830. The van der Waals surface area contributed by atoms with Crippen LogP contribution in [0.5, 0.6) is 5.75 Å². The molecule has 7 heteroatoms. The number of aryl methyl sites for hydroxylation is 1. The Kier molecular flexibility index (Phi) is 5.78. The fraction of sp³-hybridized carbons (Fsp3) is 0.450. The number of aromatic nitrogens is 2. The first-order valence-electron chi connectivity index (χ1n) is 9.23. The van der Waals surface area contributed by atoms with Crippen LogP contribution in [0.25, 0.3) is 5.69 Å². The van der Waals surface area contributed by atoms with Crippen molar-refractivity contribution < 1.29 is 19.4 Å². The number of carbonyl (C=O) groups is 2. The predicted octanol–water partition coefficient (Wildman–Crippen LogP) is 3.05. The smallest absolute Gasteiger partial charge is 0.303 e. The number of rotatable bonds is 6. The van der Waals surface area contributed by atoms with Crippen molar-refractivity contribution in [2.75, 3.05) is 13.7 Å². The van der Waals surface area contributed by atoms with E-state index >= 15 is 0 Å². The third-order valence-corrected chi connectivity index (χ3v) is 4.97. The number of amides is 1. The van der Waals surface area contributed by atoms with Gasteiger partial charge in [-0.2, -0.15) is 5.10 Å². The Balaban J connectivity index is 1.81. The van der Waals surface area contributed by atoms with Crippen molar-refractivity contribution in [3.05, 3.63) is 41.7 Å². The SMILES string of the molecule is COc1ccc(C)cc1-n1ccc(C(=O)N2CCCCC2CCC(=O)O)n1. The third-order valence-electron chi connectivity index (χ3n) is 4.97. The van der Waals surface area contributed by atoms with Crippen molar-refractivity contribution in [3.8, 4) is 11.4 Å². The summed E-state index contributed by atoms with van der Waals surface area (Å²) in [6.07, 6.45) is 5.09. The second kappa shape index (κ2) is 8.24. The van der Waals surface area contributed by atoms with E-state index in [-0.39, 0.29) is 18.4 Å². The summed E-state index contributed by atoms with van der Waals surface area (Å²) in [4.78, 5) is 25.7. The molecule has 27 heavy (non-hydrogen) atoms. The summed E-state index contributed by atoms with van der Waals surface area (Å²) in [5.74, 6) is -0.292. The number of piperidine rings is 1. The second-order valence-corrected chi connectivity index (χ2v) is 6.90. The van der Waals surface area contributed by atoms with Gasteiger partial charge in [0.1, 0.15) is 11.4 Å². The van der Waals surface area contributed by atoms with E-state index in [1.807, 2.05) is 25.1 Å². The molecule has 1 fully saturated rings. The van der Waals surface area contributed by atoms with Crippen molar-refractivity contribution in [1.29, 1.82) is 0 Å². The molecule has 1 unspecified atom stereocenters. The van der Waals surface area contributed by atoms with Crippen LogP contribution in [0.2, 0.25) is 0 Å². The van der Waals surface area contributed by atoms with Gasteiger partial charge in [-0.25, -0.2) is 4.68 Å². The number of nitrogens with zero attached hydrogens (tertiary/aromatic N) is 3. The molecule has 2 aromatic rings. The second-order valence-electron chi connectivity index (χ2n) is 6.90. The number of aliphatic carboxylic acids is 1. The van der Waals surface area contributed by atoms with Crippen molar-refractivity contribution >= 4 is 11.9 Å². The molecule has 1 aliphatic rings. The molecule has 1 amide bonds. The maximum atomic E-state index is 13.0. The van der Waals surface area contributed by atoms with E-state index in [0.717, 1.165) is 30.5 Å². The van der Waals surface area contributed by atoms with E-state index in [1.54, 1.807) is 29.0 Å². The lowest BCUT2D eigenvalue weighted by molar-refractivity contribution is -0.137. The van der Waals surface area contributed by atoms with Crippen LogP contribution < -0.4 is 4.74 Å². The molecular formula is C20H25N3O4. The molecular weight excluding hydrogens is 346 g/mol. The maximum absolute atomic E-state index is 13.0. The van der Waals surface area contributed by atoms with Crippen LogP contribution in [0.15, 0.2) is 30.5 Å². The summed E-state index contributed by atoms with van der Waals surface area (Å²) in [6, 6.07) is 7.45. The van der Waals surface area contributed by atoms with E-state index in [9.17, 15) is 9.59 Å². The molecule has 1 aromatic heterocycles. The number of hydrogen-bond acceptors (Lipinski definition) is 4. The van der Waals surface area contributed by atoms with E-state index in [0.29, 0.717) is 24.4 Å². The molecule has 3 rings (SSSR count). The van der Waals surface area contributed by atoms with Crippen molar-refractivity contribution in [1.82, 2.24) is 14.7 Å². The van der Waals surface area contributed by atoms with E-state index in [2.05, 4.69) is 5.10 Å². The first-order valence-corrected chi connectivity index (χ1v) is 9.23. The highest BCUT2D eigenvalue weighted by atomic mass is 16.5. The molecule has 1 atom stereocenters. The molecule has 0 bridgehead atoms. The van der Waals surface area contributed by atoms with Crippen LogP contribution in [0, 0.1) is 6.92 Å². The van der Waals surface area contributed by atoms with Gasteiger partial charge in [0.25, 0.3) is 5.91 Å². The lowest BCUT2D eigenvalue weighted by Gasteiger charge is -2.35. The topological polar surface area (TPSA) is 84.7 Å². The molecule has 2 heterocycles. The molecule has 1 saturated heterocycles. The van der Waals surface area contributed by atoms with E-state index in [1.165, 1.54) is 0 Å². The zero-order valence-corrected chi connectivity index (χ0v) is 15.7. The highest BCUT2D eigenvalue weighted by Crippen LogP contribution is 2.25. The summed E-state index contributed by atoms with van der Waals surface area (Å²) in [6.45, 7) is 2.63. The molecule has 0 radical (unpaired) electrons. The molecule has 1 N–H and O–H groups in total. The Labute approximate surface area is 158 Å². The lowest BCUT2D eigenvalue weighted by atomic mass is 9.97. The summed E-state index contributed by atoms with van der Waals surface area (Å²) >= 11 is 0. The van der Waals surface area contributed by atoms with Crippen LogP contribution in [-0.4, -0.2) is 51.4 Å². The molecule has 0 aliphatic carbocycles. The summed E-state index contributed by atoms with van der Waals surface area (Å²) in [5.41, 5.74) is 2.21. The monoisotopic (exact) mass is 371 g/mol. The number of carbonyl (C=O) groups excluding carboxylic acids is 1. The quantitative estimate of drug-likeness (QED) is 0.844. The van der Waals surface area contributed by atoms with Gasteiger partial charge in [0.2, 0.25) is 0 Å². The first-order chi connectivity index (χ1) is 13.0. The van der Waals surface area contributed by atoms with Gasteiger partial charge in [0, 0.05) is 25.2 Å². The molecule has 0 saturated carbocycles. The van der Waals surface area contributed by atoms with Gasteiger partial charge in [-0.05, 0) is 56.4 Å². The van der Waals surface area contributed by atoms with Crippen LogP contribution in [0.4, 0.5) is 0 Å². The standard InChI is InChI=1S/C20H25N3O4/c1-14-6-8-18(27-2)17(13-14)23-12-10-16(21-23)20(26)22-11-4-3-5-15(22)7-9-19(24)25/h6,8,10,12-13,15H,3-5,7,9,11H2,1-2H3,(H,24,25). The van der Waals surface area contributed by atoms with Crippen molar-refractivity contribution in [3.63, 3.8) is 0 Å². The fourth-order valence-corrected chi connectivity index (χ4v) is 3.56. The predicted molar refractivity (Wildman–Crippen MR) is 100 cm³/mol. The summed E-state index contributed by atoms with van der Waals surface area (Å²) in [7, 11) is 1.60. The highest BCUT2D eigenvalue weighted by Gasteiger charge is 2.29. The lowest BCUT2D eigenvalue weighted by Crippen LogP contribution is -2.44. The Morgan fingerprint density at radius 2 is 2.11 bits per heavy atom. The maximum Gasteiger partial charge on any atom is 0.303 e. The Hall–Kier alpha value is -2.83.